The Morgan fingerprint density at radius 1 is 1.24 bits per heavy atom. The number of nitrogens with one attached hydrogen (secondary N) is 1. The van der Waals surface area contributed by atoms with E-state index in [1.54, 1.807) is 18.0 Å². The van der Waals surface area contributed by atoms with Gasteiger partial charge in [0.1, 0.15) is 6.04 Å². The number of ether oxygens (including phenoxy) is 1. The SMILES string of the molecule is COCCn1cc(C[C@@H]2NC(=O)N(Cc3cc(C)nc4ccccc34)C2=O)nn1. The van der Waals surface area contributed by atoms with Crippen LogP contribution in [0.3, 0.4) is 0 Å². The van der Waals surface area contributed by atoms with Crippen LogP contribution in [0, 0.1) is 6.92 Å². The lowest BCUT2D eigenvalue weighted by molar-refractivity contribution is -0.127. The molecule has 1 N–H and O–H groups in total. The van der Waals surface area contributed by atoms with Gasteiger partial charge in [-0.15, -0.1) is 5.10 Å². The highest BCUT2D eigenvalue weighted by Gasteiger charge is 2.38. The molecule has 2 aromatic heterocycles. The Labute approximate surface area is 167 Å². The number of hydrogen-bond donors (Lipinski definition) is 1. The summed E-state index contributed by atoms with van der Waals surface area (Å²) in [6, 6.07) is 8.58. The molecule has 0 saturated carbocycles. The highest BCUT2D eigenvalue weighted by Crippen LogP contribution is 2.22. The maximum absolute atomic E-state index is 12.9. The maximum Gasteiger partial charge on any atom is 0.325 e. The number of aromatic nitrogens is 4. The number of amides is 3. The molecule has 1 fully saturated rings. The molecule has 1 atom stereocenters. The van der Waals surface area contributed by atoms with Gasteiger partial charge in [0, 0.05) is 30.8 Å². The normalized spacial score (nSPS) is 16.6. The summed E-state index contributed by atoms with van der Waals surface area (Å²) < 4.78 is 6.67. The van der Waals surface area contributed by atoms with Gasteiger partial charge in [-0.1, -0.05) is 23.4 Å². The minimum Gasteiger partial charge on any atom is -0.383 e. The van der Waals surface area contributed by atoms with Crippen LogP contribution in [0.5, 0.6) is 0 Å². The highest BCUT2D eigenvalue weighted by atomic mass is 16.5. The fraction of sp³-hybridized carbons (Fsp3) is 0.350. The fourth-order valence-corrected chi connectivity index (χ4v) is 3.50. The van der Waals surface area contributed by atoms with Crippen molar-refractivity contribution < 1.29 is 14.3 Å². The summed E-state index contributed by atoms with van der Waals surface area (Å²) in [6.07, 6.45) is 2.06. The van der Waals surface area contributed by atoms with Crippen molar-refractivity contribution in [2.45, 2.75) is 32.5 Å². The summed E-state index contributed by atoms with van der Waals surface area (Å²) in [5.41, 5.74) is 3.23. The Kier molecular flexibility index (Phi) is 5.22. The van der Waals surface area contributed by atoms with Crippen molar-refractivity contribution in [1.29, 1.82) is 0 Å². The number of aryl methyl sites for hydroxylation is 1. The summed E-state index contributed by atoms with van der Waals surface area (Å²) in [4.78, 5) is 31.1. The summed E-state index contributed by atoms with van der Waals surface area (Å²) >= 11 is 0. The van der Waals surface area contributed by atoms with Crippen molar-refractivity contribution in [3.05, 3.63) is 53.5 Å². The monoisotopic (exact) mass is 394 g/mol. The third kappa shape index (κ3) is 3.95. The van der Waals surface area contributed by atoms with Crippen LogP contribution in [-0.4, -0.2) is 56.6 Å². The maximum atomic E-state index is 12.9. The Hall–Kier alpha value is -3.33. The van der Waals surface area contributed by atoms with Crippen molar-refractivity contribution in [2.75, 3.05) is 13.7 Å². The zero-order chi connectivity index (χ0) is 20.4. The van der Waals surface area contributed by atoms with E-state index in [2.05, 4.69) is 20.6 Å². The van der Waals surface area contributed by atoms with Crippen LogP contribution in [0.4, 0.5) is 4.79 Å². The Morgan fingerprint density at radius 2 is 2.07 bits per heavy atom. The first-order chi connectivity index (χ1) is 14.0. The minimum absolute atomic E-state index is 0.200. The second-order valence-electron chi connectivity index (χ2n) is 7.04. The second-order valence-corrected chi connectivity index (χ2v) is 7.04. The standard InChI is InChI=1S/C20H22N6O3/c1-13-9-14(16-5-3-4-6-17(16)21-13)11-26-19(27)18(22-20(26)28)10-15-12-25(24-23-15)7-8-29-2/h3-6,9,12,18H,7-8,10-11H2,1-2H3,(H,22,28)/t18-/m0/s1. The van der Waals surface area contributed by atoms with E-state index in [1.807, 2.05) is 37.3 Å². The van der Waals surface area contributed by atoms with Crippen molar-refractivity contribution in [3.63, 3.8) is 0 Å². The number of para-hydroxylation sites is 1. The Balaban J connectivity index is 1.50. The average molecular weight is 394 g/mol. The lowest BCUT2D eigenvalue weighted by Crippen LogP contribution is -2.32. The number of fused-ring (bicyclic) bond motifs is 1. The van der Waals surface area contributed by atoms with Gasteiger partial charge in [-0.3, -0.25) is 14.7 Å². The van der Waals surface area contributed by atoms with Gasteiger partial charge >= 0.3 is 6.03 Å². The van der Waals surface area contributed by atoms with Crippen molar-refractivity contribution in [2.24, 2.45) is 0 Å². The molecule has 29 heavy (non-hydrogen) atoms. The van der Waals surface area contributed by atoms with Gasteiger partial charge in [-0.25, -0.2) is 9.48 Å². The number of methoxy groups -OCH3 is 1. The van der Waals surface area contributed by atoms with E-state index >= 15 is 0 Å². The van der Waals surface area contributed by atoms with Crippen molar-refractivity contribution in [3.8, 4) is 0 Å². The van der Waals surface area contributed by atoms with Gasteiger partial charge in [0.2, 0.25) is 0 Å². The quantitative estimate of drug-likeness (QED) is 0.609. The van der Waals surface area contributed by atoms with Crippen LogP contribution in [0.15, 0.2) is 36.5 Å². The molecule has 9 nitrogen and oxygen atoms in total. The van der Waals surface area contributed by atoms with E-state index in [1.165, 1.54) is 4.90 Å². The highest BCUT2D eigenvalue weighted by molar-refractivity contribution is 6.04. The summed E-state index contributed by atoms with van der Waals surface area (Å²) in [5, 5.41) is 11.8. The molecule has 1 saturated heterocycles. The van der Waals surface area contributed by atoms with Crippen LogP contribution in [0.1, 0.15) is 17.0 Å². The predicted octanol–water partition coefficient (Wildman–Crippen LogP) is 1.44. The summed E-state index contributed by atoms with van der Waals surface area (Å²) in [5.74, 6) is -0.264. The summed E-state index contributed by atoms with van der Waals surface area (Å²) in [6.45, 7) is 3.20. The molecule has 3 amide bonds. The Bertz CT molecular complexity index is 1060. The van der Waals surface area contributed by atoms with E-state index in [0.29, 0.717) is 25.3 Å². The molecular formula is C20H22N6O3. The number of pyridine rings is 1. The smallest absolute Gasteiger partial charge is 0.325 e. The second kappa shape index (κ2) is 7.96. The van der Waals surface area contributed by atoms with E-state index in [9.17, 15) is 9.59 Å². The van der Waals surface area contributed by atoms with Gasteiger partial charge in [0.05, 0.1) is 30.9 Å². The molecule has 3 heterocycles. The first-order valence-corrected chi connectivity index (χ1v) is 9.40. The van der Waals surface area contributed by atoms with Gasteiger partial charge in [-0.2, -0.15) is 0 Å². The lowest BCUT2D eigenvalue weighted by Gasteiger charge is -2.15. The fourth-order valence-electron chi connectivity index (χ4n) is 3.50. The molecule has 0 unspecified atom stereocenters. The van der Waals surface area contributed by atoms with Crippen LogP contribution in [0.25, 0.3) is 10.9 Å². The van der Waals surface area contributed by atoms with Gasteiger partial charge in [0.15, 0.2) is 0 Å². The molecular weight excluding hydrogens is 372 g/mol. The van der Waals surface area contributed by atoms with Crippen LogP contribution >= 0.6 is 0 Å². The predicted molar refractivity (Wildman–Crippen MR) is 105 cm³/mol. The Morgan fingerprint density at radius 3 is 2.90 bits per heavy atom. The molecule has 150 valence electrons. The number of carbonyl (C=O) groups is 2. The molecule has 3 aromatic rings. The van der Waals surface area contributed by atoms with E-state index in [-0.39, 0.29) is 12.5 Å². The first kappa shape index (κ1) is 19.0. The molecule has 0 bridgehead atoms. The van der Waals surface area contributed by atoms with Gasteiger partial charge in [0.25, 0.3) is 5.91 Å². The molecule has 0 spiro atoms. The molecule has 4 rings (SSSR count). The third-order valence-electron chi connectivity index (χ3n) is 4.89. The molecule has 9 heteroatoms. The number of nitrogens with zero attached hydrogens (tertiary/aromatic N) is 5. The summed E-state index contributed by atoms with van der Waals surface area (Å²) in [7, 11) is 1.62. The number of rotatable bonds is 7. The van der Waals surface area contributed by atoms with Crippen molar-refractivity contribution >= 4 is 22.8 Å². The molecule has 1 aliphatic rings. The minimum atomic E-state index is -0.649. The third-order valence-corrected chi connectivity index (χ3v) is 4.89. The lowest BCUT2D eigenvalue weighted by atomic mass is 10.1. The van der Waals surface area contributed by atoms with E-state index < -0.39 is 12.1 Å². The molecule has 1 aliphatic heterocycles. The van der Waals surface area contributed by atoms with Crippen molar-refractivity contribution in [1.82, 2.24) is 30.2 Å². The first-order valence-electron chi connectivity index (χ1n) is 9.40. The van der Waals surface area contributed by atoms with Crippen LogP contribution < -0.4 is 5.32 Å². The van der Waals surface area contributed by atoms with Gasteiger partial charge in [-0.05, 0) is 24.6 Å². The number of hydrogen-bond acceptors (Lipinski definition) is 6. The molecule has 0 radical (unpaired) electrons. The largest absolute Gasteiger partial charge is 0.383 e. The number of imide groups is 1. The van der Waals surface area contributed by atoms with Gasteiger partial charge < -0.3 is 10.1 Å². The average Bonchev–Trinajstić information content (AvgIpc) is 3.26. The zero-order valence-corrected chi connectivity index (χ0v) is 16.3. The molecule has 1 aromatic carbocycles. The van der Waals surface area contributed by atoms with E-state index in [0.717, 1.165) is 22.2 Å². The zero-order valence-electron chi connectivity index (χ0n) is 16.3. The van der Waals surface area contributed by atoms with Crippen LogP contribution in [0.2, 0.25) is 0 Å². The van der Waals surface area contributed by atoms with E-state index in [4.69, 9.17) is 4.74 Å². The molecule has 0 aliphatic carbocycles. The topological polar surface area (TPSA) is 102 Å². The van der Waals surface area contributed by atoms with Crippen LogP contribution in [-0.2, 0) is 29.0 Å². The number of urea groups is 1. The number of carbonyl (C=O) groups excluding carboxylic acids is 2. The number of benzene rings is 1.